The third-order valence-electron chi connectivity index (χ3n) is 5.92. The molecule has 2 fully saturated rings. The molecule has 1 heterocycles. The number of nitrogens with one attached hydrogen (secondary N) is 2. The summed E-state index contributed by atoms with van der Waals surface area (Å²) >= 11 is 0. The van der Waals surface area contributed by atoms with Gasteiger partial charge in [-0.2, -0.15) is 0 Å². The lowest BCUT2D eigenvalue weighted by Crippen LogP contribution is -2.44. The molecule has 0 amide bonds. The number of ether oxygens (including phenoxy) is 1. The van der Waals surface area contributed by atoms with Gasteiger partial charge < -0.3 is 15.4 Å². The van der Waals surface area contributed by atoms with E-state index in [1.165, 1.54) is 37.7 Å². The topological polar surface area (TPSA) is 48.9 Å². The van der Waals surface area contributed by atoms with Gasteiger partial charge in [-0.3, -0.25) is 9.89 Å². The van der Waals surface area contributed by atoms with Gasteiger partial charge in [0.15, 0.2) is 5.96 Å². The molecule has 1 aromatic rings. The average Bonchev–Trinajstić information content (AvgIpc) is 2.75. The summed E-state index contributed by atoms with van der Waals surface area (Å²) in [6.07, 6.45) is 10.3. The predicted octanol–water partition coefficient (Wildman–Crippen LogP) is 4.17. The Labute approximate surface area is 194 Å². The van der Waals surface area contributed by atoms with Crippen LogP contribution in [0.2, 0.25) is 0 Å². The fraction of sp³-hybridized carbons (Fsp3) is 0.696. The summed E-state index contributed by atoms with van der Waals surface area (Å²) in [4.78, 5) is 6.90. The van der Waals surface area contributed by atoms with Gasteiger partial charge in [0, 0.05) is 45.9 Å². The van der Waals surface area contributed by atoms with Crippen LogP contribution in [-0.4, -0.2) is 56.3 Å². The number of hydrogen-bond donors (Lipinski definition) is 2. The number of piperidine rings is 1. The van der Waals surface area contributed by atoms with Gasteiger partial charge in [0.25, 0.3) is 0 Å². The van der Waals surface area contributed by atoms with E-state index >= 15 is 0 Å². The van der Waals surface area contributed by atoms with Crippen molar-refractivity contribution in [3.63, 3.8) is 0 Å². The van der Waals surface area contributed by atoms with Gasteiger partial charge in [0.1, 0.15) is 0 Å². The number of rotatable bonds is 8. The lowest BCUT2D eigenvalue weighted by molar-refractivity contribution is 0.00534. The second-order valence-electron chi connectivity index (χ2n) is 8.16. The first-order valence-electron chi connectivity index (χ1n) is 11.2. The highest BCUT2D eigenvalue weighted by Crippen LogP contribution is 2.17. The van der Waals surface area contributed by atoms with E-state index in [4.69, 9.17) is 4.74 Å². The van der Waals surface area contributed by atoms with Crippen LogP contribution in [0.25, 0.3) is 0 Å². The normalized spacial score (nSPS) is 19.6. The zero-order chi connectivity index (χ0) is 19.4. The summed E-state index contributed by atoms with van der Waals surface area (Å²) in [6, 6.07) is 11.4. The van der Waals surface area contributed by atoms with Gasteiger partial charge in [0.2, 0.25) is 0 Å². The van der Waals surface area contributed by atoms with Crippen LogP contribution < -0.4 is 10.6 Å². The molecule has 6 heteroatoms. The predicted molar refractivity (Wildman–Crippen MR) is 132 cm³/mol. The SMILES string of the molecule is CN=C(NCCCOC1CCN(Cc2ccccc2)CC1)NC1CCCCC1.I. The van der Waals surface area contributed by atoms with E-state index in [9.17, 15) is 0 Å². The van der Waals surface area contributed by atoms with Crippen molar-refractivity contribution >= 4 is 29.9 Å². The molecule has 164 valence electrons. The highest BCUT2D eigenvalue weighted by Gasteiger charge is 2.19. The molecule has 0 bridgehead atoms. The van der Waals surface area contributed by atoms with Crippen molar-refractivity contribution in [3.05, 3.63) is 35.9 Å². The van der Waals surface area contributed by atoms with Crippen LogP contribution >= 0.6 is 24.0 Å². The molecule has 2 N–H and O–H groups in total. The molecule has 1 saturated carbocycles. The quantitative estimate of drug-likeness (QED) is 0.237. The monoisotopic (exact) mass is 514 g/mol. The molecule has 0 aromatic heterocycles. The third kappa shape index (κ3) is 9.22. The molecule has 1 aliphatic heterocycles. The summed E-state index contributed by atoms with van der Waals surface area (Å²) in [6.45, 7) is 5.08. The van der Waals surface area contributed by atoms with Crippen LogP contribution in [0.3, 0.4) is 0 Å². The zero-order valence-corrected chi connectivity index (χ0v) is 20.3. The van der Waals surface area contributed by atoms with Gasteiger partial charge in [-0.25, -0.2) is 0 Å². The van der Waals surface area contributed by atoms with E-state index in [2.05, 4.69) is 50.9 Å². The van der Waals surface area contributed by atoms with E-state index < -0.39 is 0 Å². The Morgan fingerprint density at radius 1 is 1.07 bits per heavy atom. The molecule has 1 saturated heterocycles. The Morgan fingerprint density at radius 3 is 2.48 bits per heavy atom. The molecule has 29 heavy (non-hydrogen) atoms. The lowest BCUT2D eigenvalue weighted by atomic mass is 9.96. The molecule has 0 radical (unpaired) electrons. The van der Waals surface area contributed by atoms with Crippen molar-refractivity contribution in [1.82, 2.24) is 15.5 Å². The maximum Gasteiger partial charge on any atom is 0.191 e. The Kier molecular flexibility index (Phi) is 12.0. The molecule has 1 aromatic carbocycles. The fourth-order valence-corrected chi connectivity index (χ4v) is 4.24. The number of hydrogen-bond acceptors (Lipinski definition) is 3. The molecule has 3 rings (SSSR count). The van der Waals surface area contributed by atoms with Crippen molar-refractivity contribution in [2.75, 3.05) is 33.3 Å². The molecule has 1 aliphatic carbocycles. The molecular formula is C23H39IN4O. The standard InChI is InChI=1S/C23H38N4O.HI/c1-24-23(26-21-11-6-3-7-12-21)25-15-8-18-28-22-13-16-27(17-14-22)19-20-9-4-2-5-10-20;/h2,4-5,9-10,21-22H,3,6-8,11-19H2,1H3,(H2,24,25,26);1H. The Hall–Kier alpha value is -0.860. The number of benzene rings is 1. The van der Waals surface area contributed by atoms with E-state index in [-0.39, 0.29) is 24.0 Å². The van der Waals surface area contributed by atoms with E-state index in [1.807, 2.05) is 7.05 Å². The second kappa shape index (κ2) is 14.2. The maximum atomic E-state index is 6.12. The molecule has 2 aliphatic rings. The minimum Gasteiger partial charge on any atom is -0.378 e. The second-order valence-corrected chi connectivity index (χ2v) is 8.16. The van der Waals surface area contributed by atoms with Crippen molar-refractivity contribution in [1.29, 1.82) is 0 Å². The van der Waals surface area contributed by atoms with Crippen LogP contribution in [0.1, 0.15) is 56.9 Å². The highest BCUT2D eigenvalue weighted by atomic mass is 127. The Balaban J connectivity index is 0.00000300. The number of halogens is 1. The Morgan fingerprint density at radius 2 is 1.79 bits per heavy atom. The van der Waals surface area contributed by atoms with Crippen LogP contribution in [0, 0.1) is 0 Å². The summed E-state index contributed by atoms with van der Waals surface area (Å²) in [5.41, 5.74) is 1.41. The van der Waals surface area contributed by atoms with Crippen LogP contribution in [-0.2, 0) is 11.3 Å². The third-order valence-corrected chi connectivity index (χ3v) is 5.92. The average molecular weight is 514 g/mol. The minimum atomic E-state index is 0. The van der Waals surface area contributed by atoms with Gasteiger partial charge in [-0.15, -0.1) is 24.0 Å². The summed E-state index contributed by atoms with van der Waals surface area (Å²) < 4.78 is 6.12. The summed E-state index contributed by atoms with van der Waals surface area (Å²) in [5, 5.41) is 7.00. The highest BCUT2D eigenvalue weighted by molar-refractivity contribution is 14.0. The first-order valence-corrected chi connectivity index (χ1v) is 11.2. The number of guanidine groups is 1. The molecular weight excluding hydrogens is 475 g/mol. The van der Waals surface area contributed by atoms with E-state index in [1.54, 1.807) is 0 Å². The van der Waals surface area contributed by atoms with Gasteiger partial charge in [-0.05, 0) is 37.7 Å². The van der Waals surface area contributed by atoms with Crippen LogP contribution in [0.4, 0.5) is 0 Å². The summed E-state index contributed by atoms with van der Waals surface area (Å²) in [5.74, 6) is 0.945. The molecule has 5 nitrogen and oxygen atoms in total. The van der Waals surface area contributed by atoms with Crippen LogP contribution in [0.5, 0.6) is 0 Å². The summed E-state index contributed by atoms with van der Waals surface area (Å²) in [7, 11) is 1.86. The zero-order valence-electron chi connectivity index (χ0n) is 17.9. The largest absolute Gasteiger partial charge is 0.378 e. The minimum absolute atomic E-state index is 0. The van der Waals surface area contributed by atoms with E-state index in [0.29, 0.717) is 12.1 Å². The molecule has 0 atom stereocenters. The van der Waals surface area contributed by atoms with Crippen molar-refractivity contribution < 1.29 is 4.74 Å². The van der Waals surface area contributed by atoms with Crippen LogP contribution in [0.15, 0.2) is 35.3 Å². The maximum absolute atomic E-state index is 6.12. The smallest absolute Gasteiger partial charge is 0.191 e. The van der Waals surface area contributed by atoms with Crippen molar-refractivity contribution in [2.24, 2.45) is 4.99 Å². The van der Waals surface area contributed by atoms with Gasteiger partial charge >= 0.3 is 0 Å². The number of nitrogens with zero attached hydrogens (tertiary/aromatic N) is 2. The molecule has 0 spiro atoms. The van der Waals surface area contributed by atoms with Crippen molar-refractivity contribution in [2.45, 2.75) is 70.1 Å². The first kappa shape index (κ1) is 24.4. The van der Waals surface area contributed by atoms with E-state index in [0.717, 1.165) is 58.0 Å². The van der Waals surface area contributed by atoms with Gasteiger partial charge in [-0.1, -0.05) is 49.6 Å². The Bertz CT molecular complexity index is 570. The first-order chi connectivity index (χ1) is 13.8. The number of aliphatic imine (C=N–C) groups is 1. The fourth-order valence-electron chi connectivity index (χ4n) is 4.24. The van der Waals surface area contributed by atoms with Crippen molar-refractivity contribution in [3.8, 4) is 0 Å². The van der Waals surface area contributed by atoms with Gasteiger partial charge in [0.05, 0.1) is 6.10 Å². The lowest BCUT2D eigenvalue weighted by Gasteiger charge is -2.32. The molecule has 0 unspecified atom stereocenters. The number of likely N-dealkylation sites (tertiary alicyclic amines) is 1.